The van der Waals surface area contributed by atoms with Crippen molar-refractivity contribution < 1.29 is 9.53 Å². The predicted octanol–water partition coefficient (Wildman–Crippen LogP) is 0.660. The van der Waals surface area contributed by atoms with E-state index in [1.165, 1.54) is 7.11 Å². The second-order valence-corrected chi connectivity index (χ2v) is 3.74. The van der Waals surface area contributed by atoms with E-state index in [1.807, 2.05) is 4.67 Å². The van der Waals surface area contributed by atoms with Gasteiger partial charge in [-0.15, -0.1) is 0 Å². The quantitative estimate of drug-likeness (QED) is 0.433. The number of hydrogen-bond acceptors (Lipinski definition) is 3. The van der Waals surface area contributed by atoms with Gasteiger partial charge in [-0.3, -0.25) is 9.46 Å². The van der Waals surface area contributed by atoms with Gasteiger partial charge in [0.25, 0.3) is 0 Å². The molecule has 0 spiro atoms. The van der Waals surface area contributed by atoms with Crippen LogP contribution >= 0.6 is 9.39 Å². The first-order chi connectivity index (χ1) is 5.15. The Morgan fingerprint density at radius 2 is 2.36 bits per heavy atom. The number of nitrogens with zero attached hydrogens (tertiary/aromatic N) is 1. The first-order valence-electron chi connectivity index (χ1n) is 3.74. The molecule has 0 N–H and O–H groups in total. The van der Waals surface area contributed by atoms with Crippen molar-refractivity contribution in [3.63, 3.8) is 0 Å². The van der Waals surface area contributed by atoms with E-state index in [1.54, 1.807) is 0 Å². The van der Waals surface area contributed by atoms with E-state index in [9.17, 15) is 4.79 Å². The fourth-order valence-electron chi connectivity index (χ4n) is 1.45. The molecule has 0 saturated carbocycles. The van der Waals surface area contributed by atoms with E-state index in [-0.39, 0.29) is 12.0 Å². The fraction of sp³-hybridized carbons (Fsp3) is 0.857. The molecule has 1 aliphatic heterocycles. The highest BCUT2D eigenvalue weighted by molar-refractivity contribution is 7.13. The Labute approximate surface area is 69.3 Å². The number of carbonyl (C=O) groups is 1. The Hall–Kier alpha value is -0.140. The molecule has 1 aliphatic rings. The summed E-state index contributed by atoms with van der Waals surface area (Å²) in [5.41, 5.74) is 0. The van der Waals surface area contributed by atoms with E-state index in [0.717, 1.165) is 13.0 Å². The third kappa shape index (κ3) is 1.91. The lowest BCUT2D eigenvalue weighted by Gasteiger charge is -2.15. The largest absolute Gasteiger partial charge is 0.468 e. The highest BCUT2D eigenvalue weighted by atomic mass is 31.0. The van der Waals surface area contributed by atoms with Crippen LogP contribution < -0.4 is 0 Å². The summed E-state index contributed by atoms with van der Waals surface area (Å²) in [6, 6.07) is -0.0417. The second kappa shape index (κ2) is 3.51. The zero-order valence-electron chi connectivity index (χ0n) is 6.91. The van der Waals surface area contributed by atoms with Crippen LogP contribution in [0.5, 0.6) is 0 Å². The molecule has 0 amide bonds. The molecular weight excluding hydrogens is 161 g/mol. The Balaban J connectivity index is 2.52. The Morgan fingerprint density at radius 1 is 1.73 bits per heavy atom. The molecule has 0 aromatic heterocycles. The van der Waals surface area contributed by atoms with Crippen molar-refractivity contribution in [2.75, 3.05) is 13.7 Å². The average Bonchev–Trinajstić information content (AvgIpc) is 2.28. The van der Waals surface area contributed by atoms with Crippen LogP contribution in [0.1, 0.15) is 13.3 Å². The van der Waals surface area contributed by atoms with E-state index >= 15 is 0 Å². The molecule has 4 heteroatoms. The van der Waals surface area contributed by atoms with Crippen molar-refractivity contribution in [1.29, 1.82) is 0 Å². The first-order valence-corrected chi connectivity index (χ1v) is 4.26. The summed E-state index contributed by atoms with van der Waals surface area (Å²) in [4.78, 5) is 11.1. The third-order valence-electron chi connectivity index (χ3n) is 2.02. The van der Waals surface area contributed by atoms with E-state index < -0.39 is 0 Å². The molecule has 0 bridgehead atoms. The summed E-state index contributed by atoms with van der Waals surface area (Å²) < 4.78 is 6.63. The van der Waals surface area contributed by atoms with Crippen molar-refractivity contribution in [2.45, 2.75) is 19.4 Å². The number of hydrogen-bond donors (Lipinski definition) is 0. The van der Waals surface area contributed by atoms with Gasteiger partial charge < -0.3 is 4.74 Å². The molecule has 0 aromatic carbocycles. The van der Waals surface area contributed by atoms with Crippen LogP contribution in [-0.4, -0.2) is 30.3 Å². The van der Waals surface area contributed by atoms with E-state index in [2.05, 4.69) is 21.1 Å². The Bertz CT molecular complexity index is 163. The van der Waals surface area contributed by atoms with Gasteiger partial charge in [0.15, 0.2) is 0 Å². The fourth-order valence-corrected chi connectivity index (χ4v) is 2.05. The smallest absolute Gasteiger partial charge is 0.323 e. The van der Waals surface area contributed by atoms with Crippen molar-refractivity contribution in [3.05, 3.63) is 0 Å². The van der Waals surface area contributed by atoms with E-state index in [4.69, 9.17) is 0 Å². The van der Waals surface area contributed by atoms with Crippen molar-refractivity contribution in [2.24, 2.45) is 5.92 Å². The molecule has 3 atom stereocenters. The van der Waals surface area contributed by atoms with Crippen LogP contribution in [0.15, 0.2) is 0 Å². The lowest BCUT2D eigenvalue weighted by atomic mass is 10.1. The van der Waals surface area contributed by atoms with Gasteiger partial charge >= 0.3 is 5.97 Å². The highest BCUT2D eigenvalue weighted by Crippen LogP contribution is 2.26. The zero-order chi connectivity index (χ0) is 8.43. The molecule has 1 fully saturated rings. The van der Waals surface area contributed by atoms with Gasteiger partial charge in [0.1, 0.15) is 6.04 Å². The van der Waals surface area contributed by atoms with Gasteiger partial charge in [-0.25, -0.2) is 0 Å². The minimum absolute atomic E-state index is 0.0417. The van der Waals surface area contributed by atoms with Crippen LogP contribution in [0, 0.1) is 5.92 Å². The van der Waals surface area contributed by atoms with Crippen molar-refractivity contribution in [1.82, 2.24) is 4.67 Å². The van der Waals surface area contributed by atoms with Crippen LogP contribution in [-0.2, 0) is 9.53 Å². The normalized spacial score (nSPS) is 32.3. The minimum Gasteiger partial charge on any atom is -0.468 e. The minimum atomic E-state index is -0.121. The highest BCUT2D eigenvalue weighted by Gasteiger charge is 2.32. The Morgan fingerprint density at radius 3 is 2.73 bits per heavy atom. The summed E-state index contributed by atoms with van der Waals surface area (Å²) in [7, 11) is 4.00. The number of rotatable bonds is 1. The summed E-state index contributed by atoms with van der Waals surface area (Å²) in [6.45, 7) is 3.10. The number of carbonyl (C=O) groups excluding carboxylic acids is 1. The molecule has 3 nitrogen and oxygen atoms in total. The Kier molecular flexibility index (Phi) is 2.85. The van der Waals surface area contributed by atoms with Gasteiger partial charge in [0.05, 0.1) is 7.11 Å². The molecular formula is C7H14NO2P. The van der Waals surface area contributed by atoms with Gasteiger partial charge in [-0.2, -0.15) is 0 Å². The molecule has 0 aromatic rings. The molecule has 11 heavy (non-hydrogen) atoms. The topological polar surface area (TPSA) is 29.5 Å². The van der Waals surface area contributed by atoms with E-state index in [0.29, 0.717) is 5.92 Å². The standard InChI is InChI=1S/C7H14NO2P/c1-5-3-6(7(9)10-2)8(11)4-5/h5-6H,3-4,11H2,1-2H3/t5-,6-/m0/s1. The van der Waals surface area contributed by atoms with Crippen molar-refractivity contribution >= 4 is 15.4 Å². The number of methoxy groups -OCH3 is 1. The van der Waals surface area contributed by atoms with Crippen molar-refractivity contribution in [3.8, 4) is 0 Å². The molecule has 0 radical (unpaired) electrons. The summed E-state index contributed by atoms with van der Waals surface area (Å²) >= 11 is 0. The van der Waals surface area contributed by atoms with Crippen LogP contribution in [0.2, 0.25) is 0 Å². The molecule has 0 aliphatic carbocycles. The molecule has 1 heterocycles. The van der Waals surface area contributed by atoms with Gasteiger partial charge in [-0.05, 0) is 12.3 Å². The maximum atomic E-state index is 11.1. The predicted molar refractivity (Wildman–Crippen MR) is 46.0 cm³/mol. The number of esters is 1. The van der Waals surface area contributed by atoms with Crippen LogP contribution in [0.3, 0.4) is 0 Å². The first kappa shape index (κ1) is 8.95. The lowest BCUT2D eigenvalue weighted by molar-refractivity contribution is -0.144. The zero-order valence-corrected chi connectivity index (χ0v) is 8.06. The maximum absolute atomic E-state index is 11.1. The summed E-state index contributed by atoms with van der Waals surface area (Å²) in [5, 5.41) is 0. The SMILES string of the molecule is COC(=O)[C@@H]1C[C@H](C)CN1P. The monoisotopic (exact) mass is 175 g/mol. The number of ether oxygens (including phenoxy) is 1. The molecule has 1 saturated heterocycles. The third-order valence-corrected chi connectivity index (χ3v) is 2.59. The second-order valence-electron chi connectivity index (χ2n) is 3.08. The van der Waals surface area contributed by atoms with Gasteiger partial charge in [0.2, 0.25) is 0 Å². The van der Waals surface area contributed by atoms with Crippen LogP contribution in [0.4, 0.5) is 0 Å². The van der Waals surface area contributed by atoms with Gasteiger partial charge in [0, 0.05) is 6.54 Å². The summed E-state index contributed by atoms with van der Waals surface area (Å²) in [5.74, 6) is 0.473. The molecule has 1 rings (SSSR count). The maximum Gasteiger partial charge on any atom is 0.323 e. The average molecular weight is 175 g/mol. The molecule has 1 unspecified atom stereocenters. The van der Waals surface area contributed by atoms with Crippen LogP contribution in [0.25, 0.3) is 0 Å². The molecule has 64 valence electrons. The summed E-state index contributed by atoms with van der Waals surface area (Å²) in [6.07, 6.45) is 0.913. The lowest BCUT2D eigenvalue weighted by Crippen LogP contribution is -2.29. The van der Waals surface area contributed by atoms with Gasteiger partial charge in [-0.1, -0.05) is 16.3 Å².